The lowest BCUT2D eigenvalue weighted by molar-refractivity contribution is 0.198. The van der Waals surface area contributed by atoms with Gasteiger partial charge in [-0.25, -0.2) is 9.97 Å². The quantitative estimate of drug-likeness (QED) is 0.762. The van der Waals surface area contributed by atoms with Crippen molar-refractivity contribution >= 4 is 16.9 Å². The summed E-state index contributed by atoms with van der Waals surface area (Å²) in [6.45, 7) is 3.36. The van der Waals surface area contributed by atoms with E-state index in [1.54, 1.807) is 0 Å². The third kappa shape index (κ3) is 2.23. The SMILES string of the molecule is Cc1nc(N2CCC(O)C2)c2[nH]c(-c3ccccc3)cc2n1. The van der Waals surface area contributed by atoms with E-state index in [4.69, 9.17) is 0 Å². The van der Waals surface area contributed by atoms with E-state index in [-0.39, 0.29) is 6.10 Å². The third-order valence-corrected chi connectivity index (χ3v) is 4.12. The highest BCUT2D eigenvalue weighted by molar-refractivity contribution is 5.91. The second-order valence-corrected chi connectivity index (χ2v) is 5.79. The molecule has 1 fully saturated rings. The highest BCUT2D eigenvalue weighted by Gasteiger charge is 2.24. The number of benzene rings is 1. The van der Waals surface area contributed by atoms with E-state index in [0.717, 1.165) is 46.9 Å². The van der Waals surface area contributed by atoms with Gasteiger partial charge >= 0.3 is 0 Å². The number of hydrogen-bond acceptors (Lipinski definition) is 4. The van der Waals surface area contributed by atoms with E-state index in [1.165, 1.54) is 0 Å². The molecule has 1 aliphatic rings. The number of aromatic nitrogens is 3. The van der Waals surface area contributed by atoms with Gasteiger partial charge in [0, 0.05) is 18.8 Å². The number of anilines is 1. The molecule has 0 radical (unpaired) electrons. The molecule has 3 heterocycles. The lowest BCUT2D eigenvalue weighted by atomic mass is 10.2. The van der Waals surface area contributed by atoms with Crippen molar-refractivity contribution in [2.24, 2.45) is 0 Å². The van der Waals surface area contributed by atoms with Gasteiger partial charge in [0.2, 0.25) is 0 Å². The minimum absolute atomic E-state index is 0.270. The van der Waals surface area contributed by atoms with Gasteiger partial charge in [0.05, 0.1) is 11.6 Å². The Hall–Kier alpha value is -2.40. The van der Waals surface area contributed by atoms with Crippen LogP contribution in [0.15, 0.2) is 36.4 Å². The maximum absolute atomic E-state index is 9.79. The molecule has 0 spiro atoms. The fraction of sp³-hybridized carbons (Fsp3) is 0.294. The van der Waals surface area contributed by atoms with Crippen molar-refractivity contribution in [2.45, 2.75) is 19.4 Å². The van der Waals surface area contributed by atoms with Crippen LogP contribution in [0.5, 0.6) is 0 Å². The second kappa shape index (κ2) is 5.10. The van der Waals surface area contributed by atoms with Crippen LogP contribution in [0.2, 0.25) is 0 Å². The molecule has 0 aliphatic carbocycles. The summed E-state index contributed by atoms with van der Waals surface area (Å²) < 4.78 is 0. The molecule has 4 rings (SSSR count). The number of aliphatic hydroxyl groups excluding tert-OH is 1. The van der Waals surface area contributed by atoms with Crippen LogP contribution in [0.1, 0.15) is 12.2 Å². The van der Waals surface area contributed by atoms with Gasteiger partial charge in [-0.2, -0.15) is 0 Å². The van der Waals surface area contributed by atoms with E-state index < -0.39 is 0 Å². The maximum atomic E-state index is 9.79. The summed E-state index contributed by atoms with van der Waals surface area (Å²) in [6, 6.07) is 12.3. The van der Waals surface area contributed by atoms with Gasteiger partial charge in [-0.1, -0.05) is 30.3 Å². The number of nitrogens with one attached hydrogen (secondary N) is 1. The number of H-pyrrole nitrogens is 1. The van der Waals surface area contributed by atoms with Gasteiger partial charge in [-0.05, 0) is 25.0 Å². The summed E-state index contributed by atoms with van der Waals surface area (Å²) >= 11 is 0. The van der Waals surface area contributed by atoms with Crippen LogP contribution in [-0.4, -0.2) is 39.3 Å². The van der Waals surface area contributed by atoms with E-state index in [0.29, 0.717) is 6.54 Å². The predicted octanol–water partition coefficient (Wildman–Crippen LogP) is 2.50. The predicted molar refractivity (Wildman–Crippen MR) is 86.9 cm³/mol. The summed E-state index contributed by atoms with van der Waals surface area (Å²) in [5.41, 5.74) is 4.03. The first-order valence-electron chi connectivity index (χ1n) is 7.56. The Bertz CT molecular complexity index is 812. The van der Waals surface area contributed by atoms with Crippen LogP contribution in [0, 0.1) is 6.92 Å². The molecular formula is C17H18N4O. The van der Waals surface area contributed by atoms with E-state index in [1.807, 2.05) is 25.1 Å². The fourth-order valence-corrected chi connectivity index (χ4v) is 3.05. The van der Waals surface area contributed by atoms with Crippen LogP contribution >= 0.6 is 0 Å². The summed E-state index contributed by atoms with van der Waals surface area (Å²) in [5.74, 6) is 1.64. The van der Waals surface area contributed by atoms with Crippen molar-refractivity contribution in [1.82, 2.24) is 15.0 Å². The largest absolute Gasteiger partial charge is 0.391 e. The Morgan fingerprint density at radius 2 is 2.05 bits per heavy atom. The second-order valence-electron chi connectivity index (χ2n) is 5.79. The molecule has 22 heavy (non-hydrogen) atoms. The molecule has 112 valence electrons. The monoisotopic (exact) mass is 294 g/mol. The normalized spacial score (nSPS) is 18.3. The van der Waals surface area contributed by atoms with Crippen molar-refractivity contribution < 1.29 is 5.11 Å². The summed E-state index contributed by atoms with van der Waals surface area (Å²) in [6.07, 6.45) is 0.519. The van der Waals surface area contributed by atoms with Crippen molar-refractivity contribution in [3.63, 3.8) is 0 Å². The summed E-state index contributed by atoms with van der Waals surface area (Å²) in [7, 11) is 0. The highest BCUT2D eigenvalue weighted by atomic mass is 16.3. The van der Waals surface area contributed by atoms with Crippen molar-refractivity contribution in [3.05, 3.63) is 42.2 Å². The molecule has 0 bridgehead atoms. The Morgan fingerprint density at radius 1 is 1.23 bits per heavy atom. The molecule has 1 saturated heterocycles. The maximum Gasteiger partial charge on any atom is 0.156 e. The van der Waals surface area contributed by atoms with Crippen LogP contribution in [0.3, 0.4) is 0 Å². The standard InChI is InChI=1S/C17H18N4O/c1-11-18-15-9-14(12-5-3-2-4-6-12)20-16(15)17(19-11)21-8-7-13(22)10-21/h2-6,9,13,20,22H,7-8,10H2,1H3. The van der Waals surface area contributed by atoms with E-state index >= 15 is 0 Å². The molecule has 1 unspecified atom stereocenters. The number of aliphatic hydroxyl groups is 1. The smallest absolute Gasteiger partial charge is 0.156 e. The Kier molecular flexibility index (Phi) is 3.08. The molecule has 1 atom stereocenters. The fourth-order valence-electron chi connectivity index (χ4n) is 3.05. The van der Waals surface area contributed by atoms with Gasteiger partial charge in [-0.3, -0.25) is 0 Å². The molecule has 2 aromatic heterocycles. The Labute approximate surface area is 128 Å². The first-order valence-corrected chi connectivity index (χ1v) is 7.56. The van der Waals surface area contributed by atoms with Gasteiger partial charge in [0.15, 0.2) is 5.82 Å². The van der Waals surface area contributed by atoms with Crippen LogP contribution in [0.4, 0.5) is 5.82 Å². The number of β-amino-alcohol motifs (C(OH)–C–C–N with tert-alkyl or cyclic N) is 1. The van der Waals surface area contributed by atoms with E-state index in [2.05, 4.69) is 38.1 Å². The average molecular weight is 294 g/mol. The number of rotatable bonds is 2. The molecule has 5 heteroatoms. The number of aromatic amines is 1. The molecule has 5 nitrogen and oxygen atoms in total. The zero-order chi connectivity index (χ0) is 15.1. The van der Waals surface area contributed by atoms with Crippen LogP contribution in [-0.2, 0) is 0 Å². The van der Waals surface area contributed by atoms with Gasteiger partial charge in [-0.15, -0.1) is 0 Å². The number of fused-ring (bicyclic) bond motifs is 1. The van der Waals surface area contributed by atoms with Gasteiger partial charge < -0.3 is 15.0 Å². The first-order chi connectivity index (χ1) is 10.7. The zero-order valence-corrected chi connectivity index (χ0v) is 12.5. The lowest BCUT2D eigenvalue weighted by Crippen LogP contribution is -2.23. The lowest BCUT2D eigenvalue weighted by Gasteiger charge is -2.17. The minimum atomic E-state index is -0.270. The van der Waals surface area contributed by atoms with Crippen molar-refractivity contribution in [3.8, 4) is 11.3 Å². The Balaban J connectivity index is 1.85. The topological polar surface area (TPSA) is 65.0 Å². The molecular weight excluding hydrogens is 276 g/mol. The van der Waals surface area contributed by atoms with Crippen molar-refractivity contribution in [2.75, 3.05) is 18.0 Å². The number of nitrogens with zero attached hydrogens (tertiary/aromatic N) is 3. The zero-order valence-electron chi connectivity index (χ0n) is 12.5. The molecule has 0 saturated carbocycles. The Morgan fingerprint density at radius 3 is 2.77 bits per heavy atom. The van der Waals surface area contributed by atoms with E-state index in [9.17, 15) is 5.11 Å². The molecule has 0 amide bonds. The van der Waals surface area contributed by atoms with Gasteiger partial charge in [0.25, 0.3) is 0 Å². The summed E-state index contributed by atoms with van der Waals surface area (Å²) in [5, 5.41) is 9.79. The number of hydrogen-bond donors (Lipinski definition) is 2. The number of aryl methyl sites for hydroxylation is 1. The molecule has 3 aromatic rings. The molecule has 2 N–H and O–H groups in total. The molecule has 1 aliphatic heterocycles. The minimum Gasteiger partial charge on any atom is -0.391 e. The highest BCUT2D eigenvalue weighted by Crippen LogP contribution is 2.30. The van der Waals surface area contributed by atoms with Crippen LogP contribution < -0.4 is 4.90 Å². The van der Waals surface area contributed by atoms with Gasteiger partial charge in [0.1, 0.15) is 11.3 Å². The average Bonchev–Trinajstić information content (AvgIpc) is 3.13. The first kappa shape index (κ1) is 13.3. The summed E-state index contributed by atoms with van der Waals surface area (Å²) in [4.78, 5) is 14.7. The van der Waals surface area contributed by atoms with Crippen molar-refractivity contribution in [1.29, 1.82) is 0 Å². The van der Waals surface area contributed by atoms with Crippen LogP contribution in [0.25, 0.3) is 22.3 Å². The molecule has 1 aromatic carbocycles. The third-order valence-electron chi connectivity index (χ3n) is 4.12.